The summed E-state index contributed by atoms with van der Waals surface area (Å²) in [5.41, 5.74) is 0. The molecular weight excluding hydrogens is 412 g/mol. The summed E-state index contributed by atoms with van der Waals surface area (Å²) in [5.74, 6) is 2.92. The molecule has 1 fully saturated rings. The maximum absolute atomic E-state index is 12.0. The van der Waals surface area contributed by atoms with Gasteiger partial charge in [0.25, 0.3) is 0 Å². The van der Waals surface area contributed by atoms with Gasteiger partial charge in [-0.2, -0.15) is 0 Å². The normalized spacial score (nSPS) is 18.9. The third-order valence-corrected chi connectivity index (χ3v) is 7.14. The first kappa shape index (κ1) is 27.8. The molecule has 0 amide bonds. The minimum atomic E-state index is -0.131. The van der Waals surface area contributed by atoms with Crippen LogP contribution < -0.4 is 0 Å². The Hall–Kier alpha value is -1.27. The van der Waals surface area contributed by atoms with Gasteiger partial charge in [-0.3, -0.25) is 9.59 Å². The van der Waals surface area contributed by atoms with E-state index < -0.39 is 0 Å². The SMILES string of the molecule is CCCC(=O)OC1=C(SCCCCCC(=O)OC)C(/C=C/CC2CCCC2)CC1.CO. The van der Waals surface area contributed by atoms with E-state index in [1.807, 2.05) is 18.7 Å². The number of methoxy groups -OCH3 is 1. The van der Waals surface area contributed by atoms with Crippen LogP contribution in [0, 0.1) is 11.8 Å². The van der Waals surface area contributed by atoms with Gasteiger partial charge in [0.05, 0.1) is 7.11 Å². The van der Waals surface area contributed by atoms with Crippen molar-refractivity contribution in [2.24, 2.45) is 11.8 Å². The van der Waals surface area contributed by atoms with Crippen LogP contribution in [0.15, 0.2) is 22.8 Å². The predicted molar refractivity (Wildman–Crippen MR) is 128 cm³/mol. The Morgan fingerprint density at radius 2 is 1.81 bits per heavy atom. The molecule has 2 aliphatic carbocycles. The van der Waals surface area contributed by atoms with Crippen molar-refractivity contribution < 1.29 is 24.2 Å². The van der Waals surface area contributed by atoms with Crippen LogP contribution >= 0.6 is 11.8 Å². The topological polar surface area (TPSA) is 72.8 Å². The van der Waals surface area contributed by atoms with E-state index in [0.717, 1.165) is 63.1 Å². The molecule has 0 heterocycles. The second-order valence-corrected chi connectivity index (χ2v) is 9.34. The average Bonchev–Trinajstić information content (AvgIpc) is 3.42. The van der Waals surface area contributed by atoms with Crippen molar-refractivity contribution in [3.63, 3.8) is 0 Å². The van der Waals surface area contributed by atoms with Gasteiger partial charge >= 0.3 is 11.9 Å². The number of hydrogen-bond acceptors (Lipinski definition) is 6. The highest BCUT2D eigenvalue weighted by Crippen LogP contribution is 2.41. The molecule has 2 rings (SSSR count). The number of allylic oxidation sites excluding steroid dienone is 4. The van der Waals surface area contributed by atoms with Crippen LogP contribution in [0.3, 0.4) is 0 Å². The fourth-order valence-corrected chi connectivity index (χ4v) is 5.41. The second kappa shape index (κ2) is 17.3. The number of carbonyl (C=O) groups excluding carboxylic acids is 2. The second-order valence-electron chi connectivity index (χ2n) is 8.21. The van der Waals surface area contributed by atoms with Crippen molar-refractivity contribution in [3.8, 4) is 0 Å². The number of ether oxygens (including phenoxy) is 2. The van der Waals surface area contributed by atoms with E-state index in [2.05, 4.69) is 16.9 Å². The lowest BCUT2D eigenvalue weighted by molar-refractivity contribution is -0.141. The van der Waals surface area contributed by atoms with Crippen LogP contribution in [0.1, 0.15) is 90.4 Å². The molecule has 0 radical (unpaired) electrons. The molecule has 0 aliphatic heterocycles. The number of unbranched alkanes of at least 4 members (excludes halogenated alkanes) is 2. The third kappa shape index (κ3) is 11.2. The van der Waals surface area contributed by atoms with Crippen LogP contribution in [-0.2, 0) is 19.1 Å². The molecule has 1 atom stereocenters. The number of esters is 2. The van der Waals surface area contributed by atoms with Gasteiger partial charge in [0, 0.05) is 37.2 Å². The van der Waals surface area contributed by atoms with Crippen molar-refractivity contribution in [2.45, 2.75) is 90.4 Å². The Kier molecular flexibility index (Phi) is 15.5. The summed E-state index contributed by atoms with van der Waals surface area (Å²) >= 11 is 1.84. The molecule has 0 aromatic carbocycles. The smallest absolute Gasteiger partial charge is 0.310 e. The van der Waals surface area contributed by atoms with Gasteiger partial charge in [0.2, 0.25) is 0 Å². The van der Waals surface area contributed by atoms with Gasteiger partial charge in [0.15, 0.2) is 0 Å². The standard InChI is InChI=1S/C24H38O4S.CH4O/c1-3-10-23(26)28-21-17-16-20(14-9-13-19-11-6-7-12-19)24(21)29-18-8-4-5-15-22(25)27-2;1-2/h9,14,19-20H,3-8,10-13,15-18H2,1-2H3;2H,1H3/b14-9+;. The van der Waals surface area contributed by atoms with E-state index in [0.29, 0.717) is 18.8 Å². The van der Waals surface area contributed by atoms with Crippen molar-refractivity contribution in [3.05, 3.63) is 22.8 Å². The van der Waals surface area contributed by atoms with Crippen LogP contribution in [0.5, 0.6) is 0 Å². The average molecular weight is 455 g/mol. The molecule has 0 aromatic rings. The van der Waals surface area contributed by atoms with Gasteiger partial charge in [-0.15, -0.1) is 11.8 Å². The van der Waals surface area contributed by atoms with Gasteiger partial charge in [-0.05, 0) is 43.8 Å². The fourth-order valence-electron chi connectivity index (χ4n) is 4.13. The Balaban J connectivity index is 0.00000233. The Morgan fingerprint density at radius 3 is 2.48 bits per heavy atom. The number of aliphatic hydroxyl groups is 1. The zero-order chi connectivity index (χ0) is 22.9. The molecular formula is C25H42O5S. The lowest BCUT2D eigenvalue weighted by Gasteiger charge is -2.13. The molecule has 1 saturated carbocycles. The fraction of sp³-hybridized carbons (Fsp3) is 0.760. The summed E-state index contributed by atoms with van der Waals surface area (Å²) < 4.78 is 10.4. The molecule has 0 spiro atoms. The Bertz CT molecular complexity index is 578. The number of thioether (sulfide) groups is 1. The molecule has 6 heteroatoms. The summed E-state index contributed by atoms with van der Waals surface area (Å²) in [5, 5.41) is 7.00. The third-order valence-electron chi connectivity index (χ3n) is 5.81. The van der Waals surface area contributed by atoms with Gasteiger partial charge in [-0.1, -0.05) is 51.2 Å². The van der Waals surface area contributed by atoms with Crippen molar-refractivity contribution >= 4 is 23.7 Å². The van der Waals surface area contributed by atoms with E-state index in [1.54, 1.807) is 0 Å². The maximum Gasteiger partial charge on any atom is 0.310 e. The molecule has 2 aliphatic rings. The van der Waals surface area contributed by atoms with Crippen molar-refractivity contribution in [2.75, 3.05) is 20.0 Å². The first-order valence-electron chi connectivity index (χ1n) is 11.9. The molecule has 178 valence electrons. The van der Waals surface area contributed by atoms with E-state index in [9.17, 15) is 9.59 Å². The first-order chi connectivity index (χ1) is 15.1. The molecule has 31 heavy (non-hydrogen) atoms. The molecule has 5 nitrogen and oxygen atoms in total. The molecule has 0 saturated heterocycles. The largest absolute Gasteiger partial charge is 0.469 e. The van der Waals surface area contributed by atoms with Gasteiger partial charge in [0.1, 0.15) is 5.76 Å². The highest BCUT2D eigenvalue weighted by Gasteiger charge is 2.27. The summed E-state index contributed by atoms with van der Waals surface area (Å²) in [6, 6.07) is 0. The zero-order valence-corrected chi connectivity index (χ0v) is 20.5. The number of rotatable bonds is 13. The molecule has 1 N–H and O–H groups in total. The van der Waals surface area contributed by atoms with Crippen LogP contribution in [0.4, 0.5) is 0 Å². The zero-order valence-electron chi connectivity index (χ0n) is 19.7. The highest BCUT2D eigenvalue weighted by atomic mass is 32.2. The Morgan fingerprint density at radius 1 is 1.06 bits per heavy atom. The van der Waals surface area contributed by atoms with Crippen LogP contribution in [-0.4, -0.2) is 37.0 Å². The lowest BCUT2D eigenvalue weighted by atomic mass is 10.0. The van der Waals surface area contributed by atoms with E-state index >= 15 is 0 Å². The Labute approximate surface area is 193 Å². The monoisotopic (exact) mass is 454 g/mol. The maximum atomic E-state index is 12.0. The summed E-state index contributed by atoms with van der Waals surface area (Å²) in [6.07, 6.45) is 18.1. The predicted octanol–water partition coefficient (Wildman–Crippen LogP) is 6.16. The van der Waals surface area contributed by atoms with Gasteiger partial charge in [-0.25, -0.2) is 0 Å². The van der Waals surface area contributed by atoms with E-state index in [4.69, 9.17) is 9.84 Å². The van der Waals surface area contributed by atoms with Crippen LogP contribution in [0.2, 0.25) is 0 Å². The van der Waals surface area contributed by atoms with Gasteiger partial charge < -0.3 is 14.6 Å². The lowest BCUT2D eigenvalue weighted by Crippen LogP contribution is -2.04. The number of carbonyl (C=O) groups is 2. The summed E-state index contributed by atoms with van der Waals surface area (Å²) in [7, 11) is 2.44. The van der Waals surface area contributed by atoms with Crippen molar-refractivity contribution in [1.82, 2.24) is 0 Å². The minimum absolute atomic E-state index is 0.103. The molecule has 1 unspecified atom stereocenters. The quantitative estimate of drug-likeness (QED) is 0.204. The highest BCUT2D eigenvalue weighted by molar-refractivity contribution is 8.03. The molecule has 0 aromatic heterocycles. The van der Waals surface area contributed by atoms with E-state index in [-0.39, 0.29) is 11.9 Å². The summed E-state index contributed by atoms with van der Waals surface area (Å²) in [6.45, 7) is 2.00. The van der Waals surface area contributed by atoms with E-state index in [1.165, 1.54) is 44.1 Å². The summed E-state index contributed by atoms with van der Waals surface area (Å²) in [4.78, 5) is 24.5. The van der Waals surface area contributed by atoms with Crippen molar-refractivity contribution in [1.29, 1.82) is 0 Å². The number of hydrogen-bond donors (Lipinski definition) is 1. The molecule has 0 bridgehead atoms. The van der Waals surface area contributed by atoms with Crippen LogP contribution in [0.25, 0.3) is 0 Å². The first-order valence-corrected chi connectivity index (χ1v) is 12.9. The number of aliphatic hydroxyl groups excluding tert-OH is 1. The minimum Gasteiger partial charge on any atom is -0.469 e.